The van der Waals surface area contributed by atoms with E-state index < -0.39 is 0 Å². The zero-order chi connectivity index (χ0) is 10.3. The summed E-state index contributed by atoms with van der Waals surface area (Å²) in [5.74, 6) is -0.219. The Morgan fingerprint density at radius 1 is 1.46 bits per heavy atom. The van der Waals surface area contributed by atoms with Gasteiger partial charge in [-0.05, 0) is 14.0 Å². The smallest absolute Gasteiger partial charge is 0.236 e. The molecular weight excluding hydrogens is 170 g/mol. The molecule has 0 fully saturated rings. The van der Waals surface area contributed by atoms with E-state index in [1.807, 2.05) is 0 Å². The molecule has 0 spiro atoms. The average Bonchev–Trinajstić information content (AvgIpc) is 2.10. The van der Waals surface area contributed by atoms with Gasteiger partial charge in [-0.3, -0.25) is 9.59 Å². The van der Waals surface area contributed by atoms with Crippen LogP contribution in [0.15, 0.2) is 0 Å². The zero-order valence-electron chi connectivity index (χ0n) is 8.17. The highest BCUT2D eigenvalue weighted by Crippen LogP contribution is 1.88. The van der Waals surface area contributed by atoms with Gasteiger partial charge in [-0.2, -0.15) is 0 Å². The Balaban J connectivity index is 4.02. The Labute approximate surface area is 78.3 Å². The van der Waals surface area contributed by atoms with Crippen LogP contribution in [0.25, 0.3) is 0 Å². The van der Waals surface area contributed by atoms with Crippen molar-refractivity contribution in [2.75, 3.05) is 33.2 Å². The topological polar surface area (TPSA) is 75.4 Å². The van der Waals surface area contributed by atoms with Crippen LogP contribution in [0.5, 0.6) is 0 Å². The summed E-state index contributed by atoms with van der Waals surface area (Å²) in [7, 11) is 1.79. The number of hydrogen-bond donors (Lipinski definition) is 2. The Bertz CT molecular complexity index is 182. The van der Waals surface area contributed by atoms with Crippen LogP contribution in [0.1, 0.15) is 6.92 Å². The number of amides is 1. The molecule has 0 aliphatic rings. The lowest BCUT2D eigenvalue weighted by molar-refractivity contribution is -0.133. The van der Waals surface area contributed by atoms with Gasteiger partial charge in [0.25, 0.3) is 0 Å². The van der Waals surface area contributed by atoms with Crippen molar-refractivity contribution in [3.8, 4) is 0 Å². The number of carbonyl (C=O) groups excluding carboxylic acids is 2. The van der Waals surface area contributed by atoms with Gasteiger partial charge in [-0.15, -0.1) is 0 Å². The number of Topliss-reactive ketones (excluding diaryl/α,β-unsaturated/α-hetero) is 1. The number of nitrogens with two attached hydrogens (primary N) is 1. The van der Waals surface area contributed by atoms with Crippen LogP contribution < -0.4 is 11.1 Å². The minimum Gasteiger partial charge on any atom is -0.333 e. The number of likely N-dealkylation sites (N-methyl/N-ethyl adjacent to an activating group) is 1. The number of nitrogens with zero attached hydrogens (tertiary/aromatic N) is 1. The zero-order valence-corrected chi connectivity index (χ0v) is 8.17. The van der Waals surface area contributed by atoms with Crippen LogP contribution in [0.2, 0.25) is 0 Å². The Hall–Kier alpha value is -0.940. The molecule has 0 unspecified atom stereocenters. The van der Waals surface area contributed by atoms with Gasteiger partial charge in [0.1, 0.15) is 5.78 Å². The van der Waals surface area contributed by atoms with Gasteiger partial charge < -0.3 is 16.0 Å². The third-order valence-electron chi connectivity index (χ3n) is 1.57. The van der Waals surface area contributed by atoms with Crippen molar-refractivity contribution in [3.63, 3.8) is 0 Å². The van der Waals surface area contributed by atoms with Crippen LogP contribution in [0, 0.1) is 0 Å². The third kappa shape index (κ3) is 5.32. The maximum Gasteiger partial charge on any atom is 0.236 e. The first-order chi connectivity index (χ1) is 6.11. The van der Waals surface area contributed by atoms with Crippen molar-refractivity contribution in [1.82, 2.24) is 10.2 Å². The summed E-state index contributed by atoms with van der Waals surface area (Å²) in [6, 6.07) is 0. The number of nitrogens with one attached hydrogen (secondary N) is 1. The fourth-order valence-corrected chi connectivity index (χ4v) is 0.937. The van der Waals surface area contributed by atoms with Gasteiger partial charge in [0.05, 0.1) is 13.1 Å². The summed E-state index contributed by atoms with van der Waals surface area (Å²) < 4.78 is 0. The van der Waals surface area contributed by atoms with Crippen LogP contribution in [-0.4, -0.2) is 49.8 Å². The van der Waals surface area contributed by atoms with Gasteiger partial charge in [0.2, 0.25) is 5.91 Å². The second-order valence-corrected chi connectivity index (χ2v) is 2.82. The Kier molecular flexibility index (Phi) is 6.09. The van der Waals surface area contributed by atoms with Gasteiger partial charge in [-0.1, -0.05) is 0 Å². The number of ketones is 1. The Morgan fingerprint density at radius 2 is 2.08 bits per heavy atom. The van der Waals surface area contributed by atoms with Crippen molar-refractivity contribution in [1.29, 1.82) is 0 Å². The number of hydrogen-bond acceptors (Lipinski definition) is 4. The molecule has 0 aromatic heterocycles. The van der Waals surface area contributed by atoms with Crippen LogP contribution >= 0.6 is 0 Å². The van der Waals surface area contributed by atoms with E-state index in [1.54, 1.807) is 7.05 Å². The minimum atomic E-state index is -0.189. The van der Waals surface area contributed by atoms with Gasteiger partial charge in [0.15, 0.2) is 0 Å². The van der Waals surface area contributed by atoms with Gasteiger partial charge in [0, 0.05) is 13.1 Å². The highest BCUT2D eigenvalue weighted by Gasteiger charge is 2.12. The van der Waals surface area contributed by atoms with E-state index in [9.17, 15) is 9.59 Å². The first-order valence-corrected chi connectivity index (χ1v) is 4.23. The van der Waals surface area contributed by atoms with E-state index in [2.05, 4.69) is 5.32 Å². The minimum absolute atomic E-state index is 0.0297. The highest BCUT2D eigenvalue weighted by atomic mass is 16.2. The summed E-state index contributed by atoms with van der Waals surface area (Å²) >= 11 is 0. The summed E-state index contributed by atoms with van der Waals surface area (Å²) in [5.41, 5.74) is 5.20. The van der Waals surface area contributed by atoms with Gasteiger partial charge in [-0.25, -0.2) is 0 Å². The molecule has 76 valence electrons. The van der Waals surface area contributed by atoms with Crippen molar-refractivity contribution < 1.29 is 9.59 Å². The van der Waals surface area contributed by atoms with E-state index in [0.29, 0.717) is 13.1 Å². The molecule has 0 atom stereocenters. The normalized spacial score (nSPS) is 9.77. The molecule has 13 heavy (non-hydrogen) atoms. The summed E-state index contributed by atoms with van der Waals surface area (Å²) in [5, 5.41) is 2.90. The fraction of sp³-hybridized carbons (Fsp3) is 0.750. The van der Waals surface area contributed by atoms with Crippen molar-refractivity contribution in [3.05, 3.63) is 0 Å². The molecule has 0 heterocycles. The molecule has 0 aromatic carbocycles. The van der Waals surface area contributed by atoms with E-state index in [4.69, 9.17) is 5.73 Å². The largest absolute Gasteiger partial charge is 0.333 e. The first-order valence-electron chi connectivity index (χ1n) is 4.23. The molecule has 0 aliphatic carbocycles. The predicted molar refractivity (Wildman–Crippen MR) is 50.2 cm³/mol. The van der Waals surface area contributed by atoms with E-state index in [0.717, 1.165) is 0 Å². The summed E-state index contributed by atoms with van der Waals surface area (Å²) in [4.78, 5) is 23.4. The number of rotatable bonds is 6. The first kappa shape index (κ1) is 12.1. The van der Waals surface area contributed by atoms with E-state index >= 15 is 0 Å². The quantitative estimate of drug-likeness (QED) is 0.535. The average molecular weight is 187 g/mol. The molecular formula is C8H17N3O2. The molecule has 0 rings (SSSR count). The van der Waals surface area contributed by atoms with Crippen molar-refractivity contribution >= 4 is 11.7 Å². The lowest BCUT2D eigenvalue weighted by atomic mass is 10.3. The molecule has 5 nitrogen and oxygen atoms in total. The second-order valence-electron chi connectivity index (χ2n) is 2.82. The molecule has 0 aliphatic heterocycles. The van der Waals surface area contributed by atoms with Crippen molar-refractivity contribution in [2.45, 2.75) is 6.92 Å². The number of carbonyl (C=O) groups is 2. The van der Waals surface area contributed by atoms with Gasteiger partial charge >= 0.3 is 0 Å². The molecule has 5 heteroatoms. The van der Waals surface area contributed by atoms with E-state index in [1.165, 1.54) is 11.8 Å². The summed E-state index contributed by atoms with van der Waals surface area (Å²) in [6.07, 6.45) is 0. The van der Waals surface area contributed by atoms with Crippen LogP contribution in [-0.2, 0) is 9.59 Å². The Morgan fingerprint density at radius 3 is 2.46 bits per heavy atom. The lowest BCUT2D eigenvalue weighted by Gasteiger charge is -2.20. The summed E-state index contributed by atoms with van der Waals surface area (Å²) in [6.45, 7) is 2.75. The highest BCUT2D eigenvalue weighted by molar-refractivity contribution is 5.85. The molecule has 3 N–H and O–H groups in total. The molecule has 0 radical (unpaired) electrons. The third-order valence-corrected chi connectivity index (χ3v) is 1.57. The van der Waals surface area contributed by atoms with E-state index in [-0.39, 0.29) is 24.8 Å². The molecule has 0 saturated heterocycles. The molecule has 0 aromatic rings. The van der Waals surface area contributed by atoms with Crippen LogP contribution in [0.4, 0.5) is 0 Å². The maximum atomic E-state index is 11.2. The molecule has 0 bridgehead atoms. The lowest BCUT2D eigenvalue weighted by Crippen LogP contribution is -2.42. The van der Waals surface area contributed by atoms with Crippen LogP contribution in [0.3, 0.4) is 0 Å². The SMILES string of the molecule is CNCCN(CC(C)=O)C(=O)CN. The molecule has 0 saturated carbocycles. The monoisotopic (exact) mass is 187 g/mol. The fourth-order valence-electron chi connectivity index (χ4n) is 0.937. The predicted octanol–water partition coefficient (Wildman–Crippen LogP) is -1.42. The molecule has 1 amide bonds. The maximum absolute atomic E-state index is 11.2. The standard InChI is InChI=1S/C8H17N3O2/c1-7(12)6-11(4-3-10-2)8(13)5-9/h10H,3-6,9H2,1-2H3. The second kappa shape index (κ2) is 6.56. The van der Waals surface area contributed by atoms with Crippen molar-refractivity contribution in [2.24, 2.45) is 5.73 Å².